The van der Waals surface area contributed by atoms with Gasteiger partial charge >= 0.3 is 0 Å². The van der Waals surface area contributed by atoms with E-state index < -0.39 is 0 Å². The lowest BCUT2D eigenvalue weighted by Crippen LogP contribution is -2.39. The van der Waals surface area contributed by atoms with Gasteiger partial charge in [-0.1, -0.05) is 0 Å². The van der Waals surface area contributed by atoms with Gasteiger partial charge in [0.2, 0.25) is 5.91 Å². The van der Waals surface area contributed by atoms with Crippen molar-refractivity contribution >= 4 is 55.2 Å². The van der Waals surface area contributed by atoms with Crippen molar-refractivity contribution < 1.29 is 4.79 Å². The van der Waals surface area contributed by atoms with E-state index >= 15 is 0 Å². The quantitative estimate of drug-likeness (QED) is 0.804. The molecule has 1 unspecified atom stereocenters. The minimum Gasteiger partial charge on any atom is -0.324 e. The Morgan fingerprint density at radius 3 is 2.74 bits per heavy atom. The summed E-state index contributed by atoms with van der Waals surface area (Å²) in [7, 11) is 0. The molecule has 1 atom stereocenters. The van der Waals surface area contributed by atoms with Crippen LogP contribution in [-0.2, 0) is 4.79 Å². The molecule has 1 aromatic rings. The highest BCUT2D eigenvalue weighted by molar-refractivity contribution is 9.11. The van der Waals surface area contributed by atoms with E-state index in [4.69, 9.17) is 0 Å². The van der Waals surface area contributed by atoms with E-state index in [1.54, 1.807) is 0 Å². The largest absolute Gasteiger partial charge is 0.324 e. The Hall–Kier alpha value is -0.0400. The van der Waals surface area contributed by atoms with Gasteiger partial charge in [0, 0.05) is 39.5 Å². The maximum atomic E-state index is 12.1. The minimum atomic E-state index is 0.0465. The maximum absolute atomic E-state index is 12.1. The van der Waals surface area contributed by atoms with E-state index in [1.807, 2.05) is 30.8 Å². The van der Waals surface area contributed by atoms with Gasteiger partial charge in [0.05, 0.1) is 5.69 Å². The number of hydrogen-bond donors (Lipinski definition) is 2. The fourth-order valence-electron chi connectivity index (χ4n) is 1.98. The Labute approximate surface area is 134 Å². The van der Waals surface area contributed by atoms with E-state index in [0.29, 0.717) is 6.42 Å². The number of thioether (sulfide) groups is 1. The number of amides is 1. The highest BCUT2D eigenvalue weighted by Crippen LogP contribution is 2.32. The Balaban J connectivity index is 1.98. The fourth-order valence-corrected chi connectivity index (χ4v) is 4.55. The molecule has 0 spiro atoms. The summed E-state index contributed by atoms with van der Waals surface area (Å²) in [5.41, 5.74) is 1.95. The van der Waals surface area contributed by atoms with Gasteiger partial charge < -0.3 is 10.6 Å². The molecule has 0 saturated carbocycles. The van der Waals surface area contributed by atoms with Crippen LogP contribution in [0.15, 0.2) is 21.1 Å². The molecule has 1 aliphatic heterocycles. The summed E-state index contributed by atoms with van der Waals surface area (Å²) >= 11 is 8.87. The van der Waals surface area contributed by atoms with Crippen molar-refractivity contribution in [1.29, 1.82) is 0 Å². The van der Waals surface area contributed by atoms with Gasteiger partial charge in [-0.25, -0.2) is 0 Å². The molecule has 1 aliphatic rings. The molecule has 1 aromatic carbocycles. The van der Waals surface area contributed by atoms with Crippen molar-refractivity contribution in [2.45, 2.75) is 19.4 Å². The molecule has 104 valence electrons. The van der Waals surface area contributed by atoms with Crippen molar-refractivity contribution in [2.75, 3.05) is 23.4 Å². The van der Waals surface area contributed by atoms with Crippen molar-refractivity contribution in [1.82, 2.24) is 5.32 Å². The van der Waals surface area contributed by atoms with E-state index in [1.165, 1.54) is 0 Å². The van der Waals surface area contributed by atoms with Crippen LogP contribution in [-0.4, -0.2) is 30.0 Å². The molecule has 3 nitrogen and oxygen atoms in total. The summed E-state index contributed by atoms with van der Waals surface area (Å²) < 4.78 is 1.80. The summed E-state index contributed by atoms with van der Waals surface area (Å²) in [6.45, 7) is 3.00. The third-order valence-electron chi connectivity index (χ3n) is 2.88. The molecule has 1 amide bonds. The Kier molecular flexibility index (Phi) is 5.74. The first-order chi connectivity index (χ1) is 9.06. The number of nitrogens with one attached hydrogen (secondary N) is 2. The van der Waals surface area contributed by atoms with E-state index in [-0.39, 0.29) is 11.9 Å². The Bertz CT molecular complexity index is 453. The van der Waals surface area contributed by atoms with Gasteiger partial charge in [-0.05, 0) is 56.5 Å². The smallest absolute Gasteiger partial charge is 0.226 e. The molecule has 0 aliphatic carbocycles. The topological polar surface area (TPSA) is 41.1 Å². The number of anilines is 1. The molecule has 2 N–H and O–H groups in total. The van der Waals surface area contributed by atoms with Crippen LogP contribution in [0, 0.1) is 6.92 Å². The van der Waals surface area contributed by atoms with Crippen LogP contribution in [0.3, 0.4) is 0 Å². The van der Waals surface area contributed by atoms with E-state index in [9.17, 15) is 4.79 Å². The monoisotopic (exact) mass is 406 g/mol. The van der Waals surface area contributed by atoms with Crippen LogP contribution in [0.25, 0.3) is 0 Å². The molecule has 0 bridgehead atoms. The first kappa shape index (κ1) is 15.4. The summed E-state index contributed by atoms with van der Waals surface area (Å²) in [5, 5.41) is 6.34. The number of carbonyl (C=O) groups is 1. The first-order valence-corrected chi connectivity index (χ1v) is 8.87. The van der Waals surface area contributed by atoms with E-state index in [0.717, 1.165) is 38.2 Å². The normalized spacial score (nSPS) is 19.2. The Morgan fingerprint density at radius 2 is 2.16 bits per heavy atom. The van der Waals surface area contributed by atoms with Gasteiger partial charge in [-0.15, -0.1) is 0 Å². The third kappa shape index (κ3) is 4.48. The standard InChI is InChI=1S/C13H16Br2N2OS/c1-8-4-10(14)13(11(15)5-8)17-12(18)6-9-7-19-3-2-16-9/h4-5,9,16H,2-3,6-7H2,1H3,(H,17,18). The summed E-state index contributed by atoms with van der Waals surface area (Å²) in [6, 6.07) is 4.27. The fraction of sp³-hybridized carbons (Fsp3) is 0.462. The Morgan fingerprint density at radius 1 is 1.47 bits per heavy atom. The second-order valence-electron chi connectivity index (χ2n) is 4.58. The molecular formula is C13H16Br2N2OS. The average molecular weight is 408 g/mol. The van der Waals surface area contributed by atoms with Crippen LogP contribution >= 0.6 is 43.6 Å². The predicted octanol–water partition coefficient (Wildman–Crippen LogP) is 3.55. The van der Waals surface area contributed by atoms with Gasteiger partial charge in [0.1, 0.15) is 0 Å². The molecule has 2 rings (SSSR count). The summed E-state index contributed by atoms with van der Waals surface area (Å²) in [6.07, 6.45) is 0.514. The third-order valence-corrected chi connectivity index (χ3v) is 5.26. The van der Waals surface area contributed by atoms with Crippen molar-refractivity contribution in [3.8, 4) is 0 Å². The molecule has 1 fully saturated rings. The number of halogens is 2. The highest BCUT2D eigenvalue weighted by atomic mass is 79.9. The lowest BCUT2D eigenvalue weighted by Gasteiger charge is -2.22. The second-order valence-corrected chi connectivity index (χ2v) is 7.44. The number of carbonyl (C=O) groups excluding carboxylic acids is 1. The second kappa shape index (κ2) is 7.11. The van der Waals surface area contributed by atoms with Crippen LogP contribution < -0.4 is 10.6 Å². The number of hydrogen-bond acceptors (Lipinski definition) is 3. The lowest BCUT2D eigenvalue weighted by atomic mass is 10.2. The van der Waals surface area contributed by atoms with Crippen molar-refractivity contribution in [3.05, 3.63) is 26.6 Å². The van der Waals surface area contributed by atoms with Crippen molar-refractivity contribution in [2.24, 2.45) is 0 Å². The maximum Gasteiger partial charge on any atom is 0.226 e. The zero-order valence-electron chi connectivity index (χ0n) is 10.6. The lowest BCUT2D eigenvalue weighted by molar-refractivity contribution is -0.116. The average Bonchev–Trinajstić information content (AvgIpc) is 2.35. The molecule has 6 heteroatoms. The van der Waals surface area contributed by atoms with Crippen LogP contribution in [0.2, 0.25) is 0 Å². The zero-order chi connectivity index (χ0) is 13.8. The summed E-state index contributed by atoms with van der Waals surface area (Å²) in [5.74, 6) is 2.18. The van der Waals surface area contributed by atoms with Gasteiger partial charge in [0.25, 0.3) is 0 Å². The van der Waals surface area contributed by atoms with Gasteiger partial charge in [-0.3, -0.25) is 4.79 Å². The van der Waals surface area contributed by atoms with Crippen LogP contribution in [0.4, 0.5) is 5.69 Å². The number of rotatable bonds is 3. The minimum absolute atomic E-state index is 0.0465. The molecule has 1 heterocycles. The zero-order valence-corrected chi connectivity index (χ0v) is 14.6. The molecular weight excluding hydrogens is 392 g/mol. The van der Waals surface area contributed by atoms with Crippen LogP contribution in [0.1, 0.15) is 12.0 Å². The predicted molar refractivity (Wildman–Crippen MR) is 88.9 cm³/mol. The number of benzene rings is 1. The van der Waals surface area contributed by atoms with Gasteiger partial charge in [0.15, 0.2) is 0 Å². The molecule has 0 radical (unpaired) electrons. The first-order valence-electron chi connectivity index (χ1n) is 6.13. The molecule has 0 aromatic heterocycles. The van der Waals surface area contributed by atoms with Crippen LogP contribution in [0.5, 0.6) is 0 Å². The summed E-state index contributed by atoms with van der Waals surface area (Å²) in [4.78, 5) is 12.1. The van der Waals surface area contributed by atoms with Crippen molar-refractivity contribution in [3.63, 3.8) is 0 Å². The highest BCUT2D eigenvalue weighted by Gasteiger charge is 2.18. The molecule has 1 saturated heterocycles. The van der Waals surface area contributed by atoms with Gasteiger partial charge in [-0.2, -0.15) is 11.8 Å². The SMILES string of the molecule is Cc1cc(Br)c(NC(=O)CC2CSCCN2)c(Br)c1. The molecule has 19 heavy (non-hydrogen) atoms. The number of aryl methyl sites for hydroxylation is 1. The van der Waals surface area contributed by atoms with E-state index in [2.05, 4.69) is 42.5 Å².